The third kappa shape index (κ3) is 5.02. The van der Waals surface area contributed by atoms with E-state index in [1.54, 1.807) is 42.3 Å². The van der Waals surface area contributed by atoms with Crippen LogP contribution in [0.15, 0.2) is 30.3 Å². The van der Waals surface area contributed by atoms with E-state index < -0.39 is 5.97 Å². The van der Waals surface area contributed by atoms with Gasteiger partial charge in [0, 0.05) is 25.0 Å². The molecule has 1 N–H and O–H groups in total. The summed E-state index contributed by atoms with van der Waals surface area (Å²) in [6.45, 7) is 4.59. The number of aryl methyl sites for hydroxylation is 1. The van der Waals surface area contributed by atoms with E-state index in [1.165, 1.54) is 7.11 Å². The van der Waals surface area contributed by atoms with E-state index in [9.17, 15) is 9.59 Å². The van der Waals surface area contributed by atoms with Crippen LogP contribution in [0.5, 0.6) is 0 Å². The fraction of sp³-hybridized carbons (Fsp3) is 0.368. The molecule has 7 heteroatoms. The monoisotopic (exact) mass is 356 g/mol. The first-order valence-electron chi connectivity index (χ1n) is 8.51. The summed E-state index contributed by atoms with van der Waals surface area (Å²) < 4.78 is 4.68. The van der Waals surface area contributed by atoms with Crippen LogP contribution in [0, 0.1) is 6.92 Å². The van der Waals surface area contributed by atoms with Crippen LogP contribution in [0.3, 0.4) is 0 Å². The van der Waals surface area contributed by atoms with E-state index in [4.69, 9.17) is 0 Å². The highest BCUT2D eigenvalue weighted by Gasteiger charge is 2.15. The number of hydrogen-bond donors (Lipinski definition) is 1. The average Bonchev–Trinajstić information content (AvgIpc) is 2.65. The molecule has 1 amide bonds. The van der Waals surface area contributed by atoms with Crippen LogP contribution < -0.4 is 5.32 Å². The van der Waals surface area contributed by atoms with Gasteiger partial charge >= 0.3 is 5.97 Å². The number of benzene rings is 1. The van der Waals surface area contributed by atoms with Gasteiger partial charge in [-0.1, -0.05) is 13.3 Å². The second kappa shape index (κ2) is 8.94. The topological polar surface area (TPSA) is 84.4 Å². The van der Waals surface area contributed by atoms with Gasteiger partial charge in [0.2, 0.25) is 5.95 Å². The van der Waals surface area contributed by atoms with Gasteiger partial charge in [-0.05, 0) is 43.7 Å². The van der Waals surface area contributed by atoms with Gasteiger partial charge in [-0.2, -0.15) is 0 Å². The Bertz CT molecular complexity index is 775. The zero-order valence-electron chi connectivity index (χ0n) is 15.6. The highest BCUT2D eigenvalue weighted by Crippen LogP contribution is 2.16. The van der Waals surface area contributed by atoms with Gasteiger partial charge in [-0.25, -0.2) is 14.8 Å². The third-order valence-corrected chi connectivity index (χ3v) is 3.83. The van der Waals surface area contributed by atoms with Crippen LogP contribution >= 0.6 is 0 Å². The van der Waals surface area contributed by atoms with E-state index in [2.05, 4.69) is 26.9 Å². The van der Waals surface area contributed by atoms with Gasteiger partial charge in [-0.15, -0.1) is 0 Å². The van der Waals surface area contributed by atoms with E-state index in [0.29, 0.717) is 35.1 Å². The molecule has 0 aliphatic rings. The Kier molecular flexibility index (Phi) is 6.66. The van der Waals surface area contributed by atoms with Crippen LogP contribution in [-0.4, -0.2) is 47.4 Å². The summed E-state index contributed by atoms with van der Waals surface area (Å²) in [6.07, 6.45) is 1.97. The third-order valence-electron chi connectivity index (χ3n) is 3.83. The average molecular weight is 356 g/mol. The van der Waals surface area contributed by atoms with Crippen molar-refractivity contribution < 1.29 is 14.3 Å². The summed E-state index contributed by atoms with van der Waals surface area (Å²) in [6, 6.07) is 8.43. The SMILES string of the molecule is CCCCN(C)C(=O)c1cc(C)nc(Nc2ccc(C(=O)OC)cc2)n1. The minimum absolute atomic E-state index is 0.131. The molecular formula is C19H24N4O3. The maximum atomic E-state index is 12.5. The summed E-state index contributed by atoms with van der Waals surface area (Å²) in [5.74, 6) is -0.192. The highest BCUT2D eigenvalue weighted by molar-refractivity contribution is 5.92. The normalized spacial score (nSPS) is 10.3. The summed E-state index contributed by atoms with van der Waals surface area (Å²) in [5.41, 5.74) is 2.21. The van der Waals surface area contributed by atoms with Crippen LogP contribution in [0.1, 0.15) is 46.3 Å². The Morgan fingerprint density at radius 2 is 1.88 bits per heavy atom. The lowest BCUT2D eigenvalue weighted by atomic mass is 10.2. The lowest BCUT2D eigenvalue weighted by Crippen LogP contribution is -2.28. The maximum absolute atomic E-state index is 12.5. The zero-order chi connectivity index (χ0) is 19.1. The predicted molar refractivity (Wildman–Crippen MR) is 99.7 cm³/mol. The minimum Gasteiger partial charge on any atom is -0.465 e. The number of rotatable bonds is 7. The quantitative estimate of drug-likeness (QED) is 0.767. The molecule has 0 spiro atoms. The van der Waals surface area contributed by atoms with Crippen molar-refractivity contribution in [3.05, 3.63) is 47.3 Å². The van der Waals surface area contributed by atoms with E-state index in [1.807, 2.05) is 6.92 Å². The van der Waals surface area contributed by atoms with Crippen molar-refractivity contribution in [2.75, 3.05) is 26.0 Å². The number of hydrogen-bond acceptors (Lipinski definition) is 6. The Morgan fingerprint density at radius 1 is 1.19 bits per heavy atom. The summed E-state index contributed by atoms with van der Waals surface area (Å²) in [5, 5.41) is 3.06. The molecule has 0 saturated carbocycles. The van der Waals surface area contributed by atoms with Crippen molar-refractivity contribution in [1.82, 2.24) is 14.9 Å². The Balaban J connectivity index is 2.16. The predicted octanol–water partition coefficient (Wildman–Crippen LogP) is 3.19. The molecule has 0 aliphatic carbocycles. The summed E-state index contributed by atoms with van der Waals surface area (Å²) in [4.78, 5) is 34.3. The molecule has 0 atom stereocenters. The number of methoxy groups -OCH3 is 1. The van der Waals surface area contributed by atoms with Crippen molar-refractivity contribution in [3.63, 3.8) is 0 Å². The minimum atomic E-state index is -0.397. The lowest BCUT2D eigenvalue weighted by Gasteiger charge is -2.17. The number of carbonyl (C=O) groups excluding carboxylic acids is 2. The molecule has 7 nitrogen and oxygen atoms in total. The van der Waals surface area contributed by atoms with Gasteiger partial charge in [0.25, 0.3) is 5.91 Å². The maximum Gasteiger partial charge on any atom is 0.337 e. The van der Waals surface area contributed by atoms with Crippen molar-refractivity contribution in [3.8, 4) is 0 Å². The molecular weight excluding hydrogens is 332 g/mol. The van der Waals surface area contributed by atoms with Crippen LogP contribution in [0.4, 0.5) is 11.6 Å². The van der Waals surface area contributed by atoms with Gasteiger partial charge < -0.3 is 15.0 Å². The molecule has 0 saturated heterocycles. The molecule has 2 aromatic rings. The number of esters is 1. The number of anilines is 2. The molecule has 0 unspecified atom stereocenters. The first-order chi connectivity index (χ1) is 12.4. The summed E-state index contributed by atoms with van der Waals surface area (Å²) in [7, 11) is 3.11. The molecule has 0 fully saturated rings. The second-order valence-corrected chi connectivity index (χ2v) is 5.99. The lowest BCUT2D eigenvalue weighted by molar-refractivity contribution is 0.0600. The smallest absolute Gasteiger partial charge is 0.337 e. The number of carbonyl (C=O) groups is 2. The zero-order valence-corrected chi connectivity index (χ0v) is 15.6. The number of ether oxygens (including phenoxy) is 1. The van der Waals surface area contributed by atoms with Gasteiger partial charge in [0.15, 0.2) is 0 Å². The van der Waals surface area contributed by atoms with E-state index >= 15 is 0 Å². The number of amides is 1. The number of unbranched alkanes of at least 4 members (excludes halogenated alkanes) is 1. The van der Waals surface area contributed by atoms with Crippen molar-refractivity contribution in [2.24, 2.45) is 0 Å². The van der Waals surface area contributed by atoms with Gasteiger partial charge in [0.1, 0.15) is 5.69 Å². The van der Waals surface area contributed by atoms with Crippen molar-refractivity contribution in [1.29, 1.82) is 0 Å². The van der Waals surface area contributed by atoms with E-state index in [0.717, 1.165) is 12.8 Å². The molecule has 138 valence electrons. The Hall–Kier alpha value is -2.96. The molecule has 0 radical (unpaired) electrons. The first-order valence-corrected chi connectivity index (χ1v) is 8.51. The van der Waals surface area contributed by atoms with Gasteiger partial charge in [0.05, 0.1) is 12.7 Å². The van der Waals surface area contributed by atoms with Crippen molar-refractivity contribution in [2.45, 2.75) is 26.7 Å². The number of nitrogens with one attached hydrogen (secondary N) is 1. The Labute approximate surface area is 153 Å². The van der Waals surface area contributed by atoms with Crippen molar-refractivity contribution >= 4 is 23.5 Å². The highest BCUT2D eigenvalue weighted by atomic mass is 16.5. The first kappa shape index (κ1) is 19.4. The number of aromatic nitrogens is 2. The number of nitrogens with zero attached hydrogens (tertiary/aromatic N) is 3. The molecule has 2 rings (SSSR count). The Morgan fingerprint density at radius 3 is 2.50 bits per heavy atom. The molecule has 0 aliphatic heterocycles. The van der Waals surface area contributed by atoms with E-state index in [-0.39, 0.29) is 5.91 Å². The van der Waals surface area contributed by atoms with Gasteiger partial charge in [-0.3, -0.25) is 4.79 Å². The second-order valence-electron chi connectivity index (χ2n) is 5.99. The fourth-order valence-corrected chi connectivity index (χ4v) is 2.36. The fourth-order valence-electron chi connectivity index (χ4n) is 2.36. The molecule has 0 bridgehead atoms. The summed E-state index contributed by atoms with van der Waals surface area (Å²) >= 11 is 0. The largest absolute Gasteiger partial charge is 0.465 e. The molecule has 1 aromatic carbocycles. The molecule has 1 aromatic heterocycles. The van der Waals surface area contributed by atoms with Crippen LogP contribution in [0.25, 0.3) is 0 Å². The molecule has 1 heterocycles. The van der Waals surface area contributed by atoms with Crippen LogP contribution in [0.2, 0.25) is 0 Å². The standard InChI is InChI=1S/C19H24N4O3/c1-5-6-11-23(3)17(24)16-12-13(2)20-19(22-16)21-15-9-7-14(8-10-15)18(25)26-4/h7-10,12H,5-6,11H2,1-4H3,(H,20,21,22). The molecule has 26 heavy (non-hydrogen) atoms. The van der Waals surface area contributed by atoms with Crippen LogP contribution in [-0.2, 0) is 4.74 Å².